The zero-order valence-electron chi connectivity index (χ0n) is 10.4. The van der Waals surface area contributed by atoms with Crippen LogP contribution in [0.3, 0.4) is 0 Å². The summed E-state index contributed by atoms with van der Waals surface area (Å²) in [6.45, 7) is 3.82. The van der Waals surface area contributed by atoms with Crippen molar-refractivity contribution in [1.82, 2.24) is 9.97 Å². The number of aromatic amines is 1. The first kappa shape index (κ1) is 11.8. The molecule has 3 nitrogen and oxygen atoms in total. The summed E-state index contributed by atoms with van der Waals surface area (Å²) in [5.74, 6) is 0.707. The first-order chi connectivity index (χ1) is 8.22. The summed E-state index contributed by atoms with van der Waals surface area (Å²) in [4.78, 5) is 18.6. The fraction of sp³-hybridized carbons (Fsp3) is 0.429. The van der Waals surface area contributed by atoms with Gasteiger partial charge in [-0.25, -0.2) is 4.98 Å². The van der Waals surface area contributed by atoms with E-state index >= 15 is 0 Å². The molecule has 0 saturated carbocycles. The molecule has 2 heterocycles. The Morgan fingerprint density at radius 1 is 1.53 bits per heavy atom. The second-order valence-electron chi connectivity index (χ2n) is 4.49. The molecule has 1 atom stereocenters. The quantitative estimate of drug-likeness (QED) is 0.855. The number of Topliss-reactive ketones (excluding diaryl/α,β-unsaturated/α-hetero) is 1. The van der Waals surface area contributed by atoms with Gasteiger partial charge >= 0.3 is 0 Å². The van der Waals surface area contributed by atoms with E-state index in [-0.39, 0.29) is 5.78 Å². The van der Waals surface area contributed by atoms with E-state index in [9.17, 15) is 4.79 Å². The summed E-state index contributed by atoms with van der Waals surface area (Å²) >= 11 is 0. The number of fused-ring (bicyclic) bond motifs is 1. The lowest BCUT2D eigenvalue weighted by molar-refractivity contribution is -0.117. The average molecular weight is 230 g/mol. The molecule has 1 N–H and O–H groups in total. The van der Waals surface area contributed by atoms with Crippen molar-refractivity contribution in [2.75, 3.05) is 0 Å². The smallest absolute Gasteiger partial charge is 0.137 e. The van der Waals surface area contributed by atoms with Gasteiger partial charge in [0.25, 0.3) is 0 Å². The monoisotopic (exact) mass is 230 g/mol. The van der Waals surface area contributed by atoms with Crippen molar-refractivity contribution < 1.29 is 4.79 Å². The van der Waals surface area contributed by atoms with Crippen molar-refractivity contribution in [3.63, 3.8) is 0 Å². The van der Waals surface area contributed by atoms with Crippen LogP contribution in [0.25, 0.3) is 11.0 Å². The lowest BCUT2D eigenvalue weighted by Crippen LogP contribution is -2.00. The number of ketones is 1. The molecule has 0 fully saturated rings. The first-order valence-corrected chi connectivity index (χ1v) is 6.13. The Kier molecular flexibility index (Phi) is 3.57. The van der Waals surface area contributed by atoms with E-state index < -0.39 is 0 Å². The topological polar surface area (TPSA) is 45.8 Å². The van der Waals surface area contributed by atoms with Gasteiger partial charge in [-0.3, -0.25) is 0 Å². The number of pyridine rings is 1. The van der Waals surface area contributed by atoms with E-state index in [2.05, 4.69) is 23.0 Å². The number of hydrogen-bond acceptors (Lipinski definition) is 2. The number of aromatic nitrogens is 2. The third kappa shape index (κ3) is 2.54. The third-order valence-corrected chi connectivity index (χ3v) is 3.26. The molecule has 0 aromatic carbocycles. The standard InChI is InChI=1S/C14H18N2O/c1-3-11(7-6-10(2)17)13-9-16-14-12(13)5-4-8-15-14/h4-5,8-9,11H,3,6-7H2,1-2H3,(H,15,16). The third-order valence-electron chi connectivity index (χ3n) is 3.26. The van der Waals surface area contributed by atoms with Gasteiger partial charge in [-0.05, 0) is 43.4 Å². The van der Waals surface area contributed by atoms with Gasteiger partial charge in [-0.2, -0.15) is 0 Å². The average Bonchev–Trinajstić information content (AvgIpc) is 2.74. The van der Waals surface area contributed by atoms with E-state index in [1.54, 1.807) is 13.1 Å². The maximum atomic E-state index is 11.1. The van der Waals surface area contributed by atoms with Gasteiger partial charge in [0.1, 0.15) is 11.4 Å². The highest BCUT2D eigenvalue weighted by Gasteiger charge is 2.14. The zero-order valence-corrected chi connectivity index (χ0v) is 10.4. The van der Waals surface area contributed by atoms with E-state index in [0.29, 0.717) is 12.3 Å². The molecule has 0 saturated heterocycles. The number of nitrogens with zero attached hydrogens (tertiary/aromatic N) is 1. The van der Waals surface area contributed by atoms with Crippen LogP contribution < -0.4 is 0 Å². The van der Waals surface area contributed by atoms with Crippen molar-refractivity contribution >= 4 is 16.8 Å². The zero-order chi connectivity index (χ0) is 12.3. The van der Waals surface area contributed by atoms with E-state index in [1.165, 1.54) is 10.9 Å². The van der Waals surface area contributed by atoms with E-state index in [0.717, 1.165) is 18.5 Å². The largest absolute Gasteiger partial charge is 0.346 e. The molecular formula is C14H18N2O. The minimum Gasteiger partial charge on any atom is -0.346 e. The number of rotatable bonds is 5. The molecule has 90 valence electrons. The molecule has 1 unspecified atom stereocenters. The molecule has 0 amide bonds. The Balaban J connectivity index is 2.27. The van der Waals surface area contributed by atoms with Crippen molar-refractivity contribution in [1.29, 1.82) is 0 Å². The molecule has 2 aromatic heterocycles. The van der Waals surface area contributed by atoms with Crippen LogP contribution >= 0.6 is 0 Å². The van der Waals surface area contributed by atoms with Gasteiger partial charge in [-0.15, -0.1) is 0 Å². The lowest BCUT2D eigenvalue weighted by atomic mass is 9.91. The van der Waals surface area contributed by atoms with Crippen molar-refractivity contribution in [2.45, 2.75) is 39.0 Å². The van der Waals surface area contributed by atoms with Crippen LogP contribution in [0.2, 0.25) is 0 Å². The van der Waals surface area contributed by atoms with Crippen LogP contribution in [0.4, 0.5) is 0 Å². The predicted molar refractivity (Wildman–Crippen MR) is 69.0 cm³/mol. The van der Waals surface area contributed by atoms with Crippen LogP contribution in [0.15, 0.2) is 24.5 Å². The second kappa shape index (κ2) is 5.13. The summed E-state index contributed by atoms with van der Waals surface area (Å²) in [6, 6.07) is 4.04. The number of hydrogen-bond donors (Lipinski definition) is 1. The van der Waals surface area contributed by atoms with E-state index in [1.807, 2.05) is 12.3 Å². The highest BCUT2D eigenvalue weighted by molar-refractivity contribution is 5.80. The molecular weight excluding hydrogens is 212 g/mol. The maximum absolute atomic E-state index is 11.1. The Labute approximate surface area is 101 Å². The minimum atomic E-state index is 0.265. The minimum absolute atomic E-state index is 0.265. The molecule has 0 radical (unpaired) electrons. The molecule has 0 spiro atoms. The number of carbonyl (C=O) groups is 1. The molecule has 17 heavy (non-hydrogen) atoms. The summed E-state index contributed by atoms with van der Waals surface area (Å²) < 4.78 is 0. The Bertz CT molecular complexity index is 516. The second-order valence-corrected chi connectivity index (χ2v) is 4.49. The molecule has 0 aliphatic rings. The summed E-state index contributed by atoms with van der Waals surface area (Å²) in [7, 11) is 0. The van der Waals surface area contributed by atoms with Crippen molar-refractivity contribution in [2.24, 2.45) is 0 Å². The van der Waals surface area contributed by atoms with Crippen molar-refractivity contribution in [3.05, 3.63) is 30.1 Å². The van der Waals surface area contributed by atoms with Crippen LogP contribution in [-0.4, -0.2) is 15.8 Å². The summed E-state index contributed by atoms with van der Waals surface area (Å²) in [5, 5.41) is 1.18. The molecule has 2 aromatic rings. The first-order valence-electron chi connectivity index (χ1n) is 6.13. The normalized spacial score (nSPS) is 12.8. The molecule has 0 aliphatic carbocycles. The fourth-order valence-electron chi connectivity index (χ4n) is 2.27. The highest BCUT2D eigenvalue weighted by Crippen LogP contribution is 2.30. The summed E-state index contributed by atoms with van der Waals surface area (Å²) in [5.41, 5.74) is 2.22. The Morgan fingerprint density at radius 2 is 2.35 bits per heavy atom. The van der Waals surface area contributed by atoms with Crippen LogP contribution in [0.5, 0.6) is 0 Å². The SMILES string of the molecule is CCC(CCC(C)=O)c1c[nH]c2ncccc12. The van der Waals surface area contributed by atoms with Gasteiger partial charge in [0.15, 0.2) is 0 Å². The predicted octanol–water partition coefficient (Wildman–Crippen LogP) is 3.43. The fourth-order valence-corrected chi connectivity index (χ4v) is 2.27. The van der Waals surface area contributed by atoms with Crippen LogP contribution in [-0.2, 0) is 4.79 Å². The number of H-pyrrole nitrogens is 1. The van der Waals surface area contributed by atoms with Gasteiger partial charge in [0.2, 0.25) is 0 Å². The van der Waals surface area contributed by atoms with Crippen LogP contribution in [0.1, 0.15) is 44.6 Å². The van der Waals surface area contributed by atoms with Gasteiger partial charge in [0, 0.05) is 24.2 Å². The van der Waals surface area contributed by atoms with Gasteiger partial charge in [-0.1, -0.05) is 6.92 Å². The van der Waals surface area contributed by atoms with Crippen molar-refractivity contribution in [3.8, 4) is 0 Å². The lowest BCUT2D eigenvalue weighted by Gasteiger charge is -2.12. The molecule has 0 aliphatic heterocycles. The van der Waals surface area contributed by atoms with E-state index in [4.69, 9.17) is 0 Å². The highest BCUT2D eigenvalue weighted by atomic mass is 16.1. The molecule has 0 bridgehead atoms. The summed E-state index contributed by atoms with van der Waals surface area (Å²) in [6.07, 6.45) is 6.46. The van der Waals surface area contributed by atoms with Gasteiger partial charge < -0.3 is 9.78 Å². The molecule has 3 heteroatoms. The van der Waals surface area contributed by atoms with Gasteiger partial charge in [0.05, 0.1) is 0 Å². The number of nitrogens with one attached hydrogen (secondary N) is 1. The molecule has 2 rings (SSSR count). The van der Waals surface area contributed by atoms with Crippen LogP contribution in [0, 0.1) is 0 Å². The Hall–Kier alpha value is -1.64. The number of carbonyl (C=O) groups excluding carboxylic acids is 1. The maximum Gasteiger partial charge on any atom is 0.137 e. The Morgan fingerprint density at radius 3 is 3.06 bits per heavy atom.